The Morgan fingerprint density at radius 3 is 2.75 bits per heavy atom. The molecule has 0 radical (unpaired) electrons. The van der Waals surface area contributed by atoms with Crippen LogP contribution in [0.2, 0.25) is 4.34 Å². The highest BCUT2D eigenvalue weighted by Crippen LogP contribution is 2.29. The molecule has 0 aliphatic carbocycles. The Hall–Kier alpha value is -0.600. The lowest BCUT2D eigenvalue weighted by Gasteiger charge is -2.26. The van der Waals surface area contributed by atoms with Gasteiger partial charge in [0, 0.05) is 18.0 Å². The van der Waals surface area contributed by atoms with Crippen molar-refractivity contribution in [2.75, 3.05) is 20.1 Å². The fraction of sp³-hybridized carbons (Fsp3) is 0.545. The molecule has 0 aliphatic rings. The second-order valence-corrected chi connectivity index (χ2v) is 5.61. The first-order chi connectivity index (χ1) is 7.58. The summed E-state index contributed by atoms with van der Waals surface area (Å²) in [7, 11) is 1.99. The van der Waals surface area contributed by atoms with Crippen LogP contribution in [0.15, 0.2) is 12.1 Å². The highest BCUT2D eigenvalue weighted by Gasteiger charge is 2.18. The van der Waals surface area contributed by atoms with Gasteiger partial charge in [0.2, 0.25) is 0 Å². The van der Waals surface area contributed by atoms with Crippen molar-refractivity contribution in [3.63, 3.8) is 0 Å². The topological polar surface area (TPSA) is 53.0 Å². The van der Waals surface area contributed by atoms with Crippen LogP contribution < -0.4 is 5.73 Å². The summed E-state index contributed by atoms with van der Waals surface area (Å²) in [6.07, 6.45) is 0. The number of nitriles is 1. The minimum absolute atomic E-state index is 0.00878. The van der Waals surface area contributed by atoms with E-state index in [1.807, 2.05) is 26.1 Å². The zero-order valence-electron chi connectivity index (χ0n) is 9.48. The minimum atomic E-state index is 0.00878. The molecule has 0 saturated heterocycles. The number of thiophene rings is 1. The highest BCUT2D eigenvalue weighted by molar-refractivity contribution is 7.16. The fourth-order valence-electron chi connectivity index (χ4n) is 1.62. The average Bonchev–Trinajstić information content (AvgIpc) is 2.65. The van der Waals surface area contributed by atoms with Gasteiger partial charge < -0.3 is 5.73 Å². The number of halogens is 1. The van der Waals surface area contributed by atoms with E-state index in [1.165, 1.54) is 0 Å². The molecule has 2 unspecified atom stereocenters. The summed E-state index contributed by atoms with van der Waals surface area (Å²) in [6, 6.07) is 6.25. The molecule has 16 heavy (non-hydrogen) atoms. The lowest BCUT2D eigenvalue weighted by molar-refractivity contribution is 0.237. The van der Waals surface area contributed by atoms with Crippen molar-refractivity contribution in [2.45, 2.75) is 13.0 Å². The van der Waals surface area contributed by atoms with E-state index in [1.54, 1.807) is 11.3 Å². The van der Waals surface area contributed by atoms with E-state index >= 15 is 0 Å². The standard InChI is InChI=1S/C11H16ClN3S/c1-8(5-13)7-15(2)9(6-14)10-3-4-11(12)16-10/h3-4,8-9H,6-7,14H2,1-2H3. The van der Waals surface area contributed by atoms with Gasteiger partial charge in [-0.2, -0.15) is 5.26 Å². The Bertz CT molecular complexity index is 372. The van der Waals surface area contributed by atoms with Gasteiger partial charge in [-0.05, 0) is 26.1 Å². The summed E-state index contributed by atoms with van der Waals surface area (Å²) >= 11 is 7.45. The first kappa shape index (κ1) is 13.5. The van der Waals surface area contributed by atoms with Crippen LogP contribution in [0.25, 0.3) is 0 Å². The SMILES string of the molecule is CC(C#N)CN(C)C(CN)c1ccc(Cl)s1. The Kier molecular flexibility index (Phi) is 5.23. The molecule has 2 N–H and O–H groups in total. The van der Waals surface area contributed by atoms with E-state index in [9.17, 15) is 0 Å². The molecule has 1 aromatic heterocycles. The quantitative estimate of drug-likeness (QED) is 0.882. The normalized spacial score (nSPS) is 14.8. The van der Waals surface area contributed by atoms with Gasteiger partial charge in [0.15, 0.2) is 0 Å². The first-order valence-electron chi connectivity index (χ1n) is 5.13. The maximum absolute atomic E-state index is 8.79. The molecule has 3 nitrogen and oxygen atoms in total. The smallest absolute Gasteiger partial charge is 0.0931 e. The van der Waals surface area contributed by atoms with Crippen LogP contribution in [0.5, 0.6) is 0 Å². The molecule has 0 aliphatic heterocycles. The van der Waals surface area contributed by atoms with Crippen molar-refractivity contribution in [2.24, 2.45) is 11.7 Å². The largest absolute Gasteiger partial charge is 0.329 e. The van der Waals surface area contributed by atoms with Crippen molar-refractivity contribution in [1.82, 2.24) is 4.90 Å². The number of nitrogens with zero attached hydrogens (tertiary/aromatic N) is 2. The van der Waals surface area contributed by atoms with E-state index in [0.29, 0.717) is 13.1 Å². The third-order valence-electron chi connectivity index (χ3n) is 2.46. The van der Waals surface area contributed by atoms with E-state index in [4.69, 9.17) is 22.6 Å². The van der Waals surface area contributed by atoms with E-state index in [-0.39, 0.29) is 12.0 Å². The van der Waals surface area contributed by atoms with Crippen molar-refractivity contribution >= 4 is 22.9 Å². The molecule has 2 atom stereocenters. The van der Waals surface area contributed by atoms with Gasteiger partial charge in [0.1, 0.15) is 0 Å². The summed E-state index contributed by atoms with van der Waals surface area (Å²) in [4.78, 5) is 3.26. The number of likely N-dealkylation sites (N-methyl/N-ethyl adjacent to an activating group) is 1. The molecular formula is C11H16ClN3S. The molecule has 1 rings (SSSR count). The summed E-state index contributed by atoms with van der Waals surface area (Å²) in [5, 5.41) is 8.79. The van der Waals surface area contributed by atoms with Crippen molar-refractivity contribution in [3.8, 4) is 6.07 Å². The van der Waals surface area contributed by atoms with Crippen LogP contribution in [0.1, 0.15) is 17.8 Å². The Morgan fingerprint density at radius 1 is 1.62 bits per heavy atom. The van der Waals surface area contributed by atoms with Gasteiger partial charge >= 0.3 is 0 Å². The lowest BCUT2D eigenvalue weighted by Crippen LogP contribution is -2.32. The first-order valence-corrected chi connectivity index (χ1v) is 6.33. The second kappa shape index (κ2) is 6.21. The summed E-state index contributed by atoms with van der Waals surface area (Å²) in [6.45, 7) is 3.16. The average molecular weight is 258 g/mol. The van der Waals surface area contributed by atoms with E-state index in [2.05, 4.69) is 11.0 Å². The predicted molar refractivity (Wildman–Crippen MR) is 68.5 cm³/mol. The predicted octanol–water partition coefficient (Wildman–Crippen LogP) is 2.49. The molecule has 0 aromatic carbocycles. The summed E-state index contributed by atoms with van der Waals surface area (Å²) in [5.74, 6) is 0.00878. The van der Waals surface area contributed by atoms with Crippen LogP contribution in [-0.2, 0) is 0 Å². The monoisotopic (exact) mass is 257 g/mol. The molecule has 88 valence electrons. The number of rotatable bonds is 5. The molecule has 0 saturated carbocycles. The molecule has 1 heterocycles. The Labute approximate surface area is 105 Å². The third-order valence-corrected chi connectivity index (χ3v) is 3.79. The fourth-order valence-corrected chi connectivity index (χ4v) is 2.86. The molecule has 0 bridgehead atoms. The van der Waals surface area contributed by atoms with E-state index < -0.39 is 0 Å². The van der Waals surface area contributed by atoms with Gasteiger partial charge in [-0.3, -0.25) is 4.90 Å². The number of hydrogen-bond donors (Lipinski definition) is 1. The van der Waals surface area contributed by atoms with Gasteiger partial charge in [-0.25, -0.2) is 0 Å². The van der Waals surface area contributed by atoms with Crippen molar-refractivity contribution < 1.29 is 0 Å². The van der Waals surface area contributed by atoms with Crippen LogP contribution in [-0.4, -0.2) is 25.0 Å². The molecule has 5 heteroatoms. The number of hydrogen-bond acceptors (Lipinski definition) is 4. The Balaban J connectivity index is 2.71. The summed E-state index contributed by atoms with van der Waals surface area (Å²) in [5.41, 5.74) is 5.77. The number of nitrogens with two attached hydrogens (primary N) is 1. The van der Waals surface area contributed by atoms with Crippen LogP contribution in [0, 0.1) is 17.2 Å². The lowest BCUT2D eigenvalue weighted by atomic mass is 10.1. The molecule has 0 spiro atoms. The van der Waals surface area contributed by atoms with Crippen molar-refractivity contribution in [1.29, 1.82) is 5.26 Å². The molecule has 0 amide bonds. The van der Waals surface area contributed by atoms with Gasteiger partial charge in [0.05, 0.1) is 22.4 Å². The molecular weight excluding hydrogens is 242 g/mol. The van der Waals surface area contributed by atoms with Gasteiger partial charge in [-0.1, -0.05) is 11.6 Å². The maximum atomic E-state index is 8.79. The minimum Gasteiger partial charge on any atom is -0.329 e. The molecule has 1 aromatic rings. The highest BCUT2D eigenvalue weighted by atomic mass is 35.5. The van der Waals surface area contributed by atoms with E-state index in [0.717, 1.165) is 9.21 Å². The zero-order chi connectivity index (χ0) is 12.1. The van der Waals surface area contributed by atoms with Crippen LogP contribution in [0.4, 0.5) is 0 Å². The Morgan fingerprint density at radius 2 is 2.31 bits per heavy atom. The zero-order valence-corrected chi connectivity index (χ0v) is 11.1. The van der Waals surface area contributed by atoms with Crippen LogP contribution >= 0.6 is 22.9 Å². The van der Waals surface area contributed by atoms with Crippen LogP contribution in [0.3, 0.4) is 0 Å². The van der Waals surface area contributed by atoms with Gasteiger partial charge in [-0.15, -0.1) is 11.3 Å². The third kappa shape index (κ3) is 3.46. The second-order valence-electron chi connectivity index (χ2n) is 3.86. The molecule has 0 fully saturated rings. The maximum Gasteiger partial charge on any atom is 0.0931 e. The summed E-state index contributed by atoms with van der Waals surface area (Å²) < 4.78 is 0.773. The van der Waals surface area contributed by atoms with Crippen molar-refractivity contribution in [3.05, 3.63) is 21.3 Å². The van der Waals surface area contributed by atoms with Gasteiger partial charge in [0.25, 0.3) is 0 Å².